The van der Waals surface area contributed by atoms with E-state index in [1.54, 1.807) is 0 Å². The predicted octanol–water partition coefficient (Wildman–Crippen LogP) is 2.43. The van der Waals surface area contributed by atoms with Crippen LogP contribution in [0.4, 0.5) is 10.5 Å². The van der Waals surface area contributed by atoms with Crippen LogP contribution in [0.15, 0.2) is 34.4 Å². The fraction of sp³-hybridized carbons (Fsp3) is 0.118. The number of urea groups is 1. The number of aromatic hydroxyl groups is 1. The molecule has 12 heteroatoms. The number of benzene rings is 1. The summed E-state index contributed by atoms with van der Waals surface area (Å²) in [5.74, 6) is -2.06. The maximum absolute atomic E-state index is 12.5. The van der Waals surface area contributed by atoms with Gasteiger partial charge in [0.05, 0.1) is 23.6 Å². The first-order valence-electron chi connectivity index (χ1n) is 7.89. The Labute approximate surface area is 167 Å². The van der Waals surface area contributed by atoms with Gasteiger partial charge in [0.1, 0.15) is 11.5 Å². The molecule has 1 saturated heterocycles. The fourth-order valence-electron chi connectivity index (χ4n) is 2.54. The molecular weight excluding hydrogens is 410 g/mol. The number of carbonyl (C=O) groups is 3. The minimum absolute atomic E-state index is 0.0867. The lowest BCUT2D eigenvalue weighted by Gasteiger charge is -2.09. The number of amides is 3. The number of halogens is 1. The van der Waals surface area contributed by atoms with E-state index in [-0.39, 0.29) is 34.3 Å². The summed E-state index contributed by atoms with van der Waals surface area (Å²) >= 11 is 5.77. The number of imide groups is 1. The molecule has 2 N–H and O–H groups in total. The monoisotopic (exact) mass is 421 g/mol. The fourth-order valence-corrected chi connectivity index (χ4v) is 2.76. The molecule has 0 aliphatic carbocycles. The van der Waals surface area contributed by atoms with Gasteiger partial charge >= 0.3 is 17.7 Å². The van der Waals surface area contributed by atoms with E-state index in [0.717, 1.165) is 11.0 Å². The van der Waals surface area contributed by atoms with Gasteiger partial charge < -0.3 is 19.6 Å². The Hall–Kier alpha value is -3.86. The van der Waals surface area contributed by atoms with Crippen molar-refractivity contribution in [2.24, 2.45) is 0 Å². The number of esters is 1. The van der Waals surface area contributed by atoms with E-state index in [4.69, 9.17) is 16.0 Å². The van der Waals surface area contributed by atoms with Gasteiger partial charge in [-0.3, -0.25) is 19.8 Å². The molecule has 1 aliphatic rings. The zero-order valence-electron chi connectivity index (χ0n) is 14.7. The Morgan fingerprint density at radius 3 is 2.79 bits per heavy atom. The second-order valence-electron chi connectivity index (χ2n) is 5.76. The van der Waals surface area contributed by atoms with Crippen LogP contribution >= 0.6 is 11.6 Å². The number of furan rings is 1. The van der Waals surface area contributed by atoms with Crippen LogP contribution in [0.5, 0.6) is 5.75 Å². The SMILES string of the molecule is COC(=O)c1ccc(CN2C(=O)NC(=Cc3cc(Cl)c(O)c([N+](=O)[O-])c3)C2=O)o1. The Bertz CT molecular complexity index is 1070. The minimum Gasteiger partial charge on any atom is -0.501 e. The molecule has 3 rings (SSSR count). The molecule has 1 aromatic heterocycles. The van der Waals surface area contributed by atoms with Crippen LogP contribution < -0.4 is 5.32 Å². The highest BCUT2D eigenvalue weighted by atomic mass is 35.5. The second-order valence-corrected chi connectivity index (χ2v) is 6.17. The molecule has 0 atom stereocenters. The first-order chi connectivity index (χ1) is 13.7. The van der Waals surface area contributed by atoms with Crippen molar-refractivity contribution in [2.75, 3.05) is 7.11 Å². The summed E-state index contributed by atoms with van der Waals surface area (Å²) in [5, 5.41) is 22.7. The molecule has 29 heavy (non-hydrogen) atoms. The summed E-state index contributed by atoms with van der Waals surface area (Å²) in [7, 11) is 1.18. The quantitative estimate of drug-likeness (QED) is 0.245. The van der Waals surface area contributed by atoms with E-state index < -0.39 is 34.3 Å². The van der Waals surface area contributed by atoms with Crippen molar-refractivity contribution in [1.29, 1.82) is 0 Å². The highest BCUT2D eigenvalue weighted by molar-refractivity contribution is 6.32. The molecule has 11 nitrogen and oxygen atoms in total. The molecule has 0 saturated carbocycles. The van der Waals surface area contributed by atoms with E-state index in [1.165, 1.54) is 31.4 Å². The van der Waals surface area contributed by atoms with Crippen molar-refractivity contribution >= 4 is 41.3 Å². The van der Waals surface area contributed by atoms with Crippen LogP contribution in [0.3, 0.4) is 0 Å². The number of hydrogen-bond donors (Lipinski definition) is 2. The normalized spacial score (nSPS) is 15.0. The lowest BCUT2D eigenvalue weighted by molar-refractivity contribution is -0.385. The van der Waals surface area contributed by atoms with Gasteiger partial charge in [0, 0.05) is 6.07 Å². The molecule has 2 aromatic rings. The van der Waals surface area contributed by atoms with Crippen molar-refractivity contribution in [3.8, 4) is 5.75 Å². The maximum Gasteiger partial charge on any atom is 0.373 e. The number of rotatable bonds is 5. The van der Waals surface area contributed by atoms with Gasteiger partial charge in [0.25, 0.3) is 5.91 Å². The van der Waals surface area contributed by atoms with Crippen LogP contribution in [-0.2, 0) is 16.1 Å². The van der Waals surface area contributed by atoms with Crippen LogP contribution in [0.2, 0.25) is 5.02 Å². The van der Waals surface area contributed by atoms with E-state index in [2.05, 4.69) is 10.1 Å². The Morgan fingerprint density at radius 2 is 2.14 bits per heavy atom. The van der Waals surface area contributed by atoms with Crippen LogP contribution in [-0.4, -0.2) is 39.9 Å². The lowest BCUT2D eigenvalue weighted by Crippen LogP contribution is -2.30. The van der Waals surface area contributed by atoms with Gasteiger partial charge in [-0.2, -0.15) is 0 Å². The first-order valence-corrected chi connectivity index (χ1v) is 8.27. The summed E-state index contributed by atoms with van der Waals surface area (Å²) in [5.41, 5.74) is -0.689. The van der Waals surface area contributed by atoms with Crippen LogP contribution in [0.1, 0.15) is 21.9 Å². The van der Waals surface area contributed by atoms with Crippen molar-refractivity contribution in [1.82, 2.24) is 10.2 Å². The average Bonchev–Trinajstić information content (AvgIpc) is 3.24. The molecule has 0 bridgehead atoms. The number of phenolic OH excluding ortho intramolecular Hbond substituents is 1. The third kappa shape index (κ3) is 3.89. The van der Waals surface area contributed by atoms with E-state index in [1.807, 2.05) is 0 Å². The second kappa shape index (κ2) is 7.64. The van der Waals surface area contributed by atoms with Crippen LogP contribution in [0, 0.1) is 10.1 Å². The van der Waals surface area contributed by atoms with Gasteiger partial charge in [0.2, 0.25) is 11.5 Å². The summed E-state index contributed by atoms with van der Waals surface area (Å²) < 4.78 is 9.74. The number of nitro benzene ring substituents is 1. The highest BCUT2D eigenvalue weighted by Crippen LogP contribution is 2.35. The molecule has 1 fully saturated rings. The van der Waals surface area contributed by atoms with Gasteiger partial charge in [-0.25, -0.2) is 9.59 Å². The summed E-state index contributed by atoms with van der Waals surface area (Å²) in [4.78, 5) is 47.0. The van der Waals surface area contributed by atoms with Gasteiger partial charge in [-0.1, -0.05) is 11.6 Å². The molecule has 0 radical (unpaired) electrons. The number of nitrogens with one attached hydrogen (secondary N) is 1. The summed E-state index contributed by atoms with van der Waals surface area (Å²) in [6.45, 7) is -0.254. The smallest absolute Gasteiger partial charge is 0.373 e. The zero-order chi connectivity index (χ0) is 21.3. The van der Waals surface area contributed by atoms with Gasteiger partial charge in [0.15, 0.2) is 0 Å². The van der Waals surface area contributed by atoms with E-state index in [0.29, 0.717) is 0 Å². The number of hydrogen-bond acceptors (Lipinski definition) is 8. The molecule has 0 spiro atoms. The van der Waals surface area contributed by atoms with Crippen molar-refractivity contribution in [3.63, 3.8) is 0 Å². The van der Waals surface area contributed by atoms with Gasteiger partial charge in [-0.15, -0.1) is 0 Å². The molecule has 1 aliphatic heterocycles. The van der Waals surface area contributed by atoms with Crippen molar-refractivity contribution < 1.29 is 33.6 Å². The number of nitro groups is 1. The number of methoxy groups -OCH3 is 1. The van der Waals surface area contributed by atoms with Gasteiger partial charge in [-0.05, 0) is 29.8 Å². The minimum atomic E-state index is -0.833. The third-order valence-corrected chi connectivity index (χ3v) is 4.19. The number of ether oxygens (including phenoxy) is 1. The standard InChI is InChI=1S/C17H12ClN3O8/c1-28-16(24)13-3-2-9(29-13)7-20-15(23)11(19-17(20)25)5-8-4-10(18)14(22)12(6-8)21(26)27/h2-6,22H,7H2,1H3,(H,19,25). The molecule has 0 unspecified atom stereocenters. The average molecular weight is 422 g/mol. The van der Waals surface area contributed by atoms with Crippen molar-refractivity contribution in [2.45, 2.75) is 6.54 Å². The summed E-state index contributed by atoms with van der Waals surface area (Å²) in [6, 6.07) is 4.21. The molecular formula is C17H12ClN3O8. The molecule has 2 heterocycles. The highest BCUT2D eigenvalue weighted by Gasteiger charge is 2.34. The Kier molecular flexibility index (Phi) is 5.24. The Morgan fingerprint density at radius 1 is 1.41 bits per heavy atom. The number of phenols is 1. The molecule has 150 valence electrons. The largest absolute Gasteiger partial charge is 0.501 e. The number of carbonyl (C=O) groups excluding carboxylic acids is 3. The van der Waals surface area contributed by atoms with E-state index >= 15 is 0 Å². The van der Waals surface area contributed by atoms with E-state index in [9.17, 15) is 29.6 Å². The predicted molar refractivity (Wildman–Crippen MR) is 96.9 cm³/mol. The molecule has 3 amide bonds. The third-order valence-electron chi connectivity index (χ3n) is 3.90. The van der Waals surface area contributed by atoms with Crippen LogP contribution in [0.25, 0.3) is 6.08 Å². The maximum atomic E-state index is 12.5. The van der Waals surface area contributed by atoms with Crippen molar-refractivity contribution in [3.05, 3.63) is 62.2 Å². The first kappa shape index (κ1) is 19.9. The topological polar surface area (TPSA) is 152 Å². The summed E-state index contributed by atoms with van der Waals surface area (Å²) in [6.07, 6.45) is 1.18. The molecule has 1 aromatic carbocycles. The Balaban J connectivity index is 1.84. The lowest BCUT2D eigenvalue weighted by atomic mass is 10.1. The zero-order valence-corrected chi connectivity index (χ0v) is 15.4. The number of nitrogens with zero attached hydrogens (tertiary/aromatic N) is 2.